The van der Waals surface area contributed by atoms with Crippen molar-refractivity contribution in [2.45, 2.75) is 33.2 Å². The Balaban J connectivity index is 1.54. The highest BCUT2D eigenvalue weighted by Gasteiger charge is 2.13. The van der Waals surface area contributed by atoms with Crippen molar-refractivity contribution < 1.29 is 19.0 Å². The highest BCUT2D eigenvalue weighted by atomic mass is 16.6. The van der Waals surface area contributed by atoms with Crippen molar-refractivity contribution in [3.63, 3.8) is 0 Å². The van der Waals surface area contributed by atoms with Gasteiger partial charge in [-0.25, -0.2) is 0 Å². The van der Waals surface area contributed by atoms with Crippen LogP contribution in [0.3, 0.4) is 0 Å². The minimum Gasteiger partial charge on any atom is -0.486 e. The van der Waals surface area contributed by atoms with E-state index < -0.39 is 0 Å². The Morgan fingerprint density at radius 3 is 2.65 bits per heavy atom. The van der Waals surface area contributed by atoms with E-state index in [0.29, 0.717) is 25.7 Å². The van der Waals surface area contributed by atoms with Crippen LogP contribution in [-0.4, -0.2) is 25.7 Å². The number of carbonyl (C=O) groups is 1. The van der Waals surface area contributed by atoms with Gasteiger partial charge in [-0.05, 0) is 47.7 Å². The summed E-state index contributed by atoms with van der Waals surface area (Å²) in [6.45, 7) is 7.76. The number of hydrogen-bond acceptors (Lipinski definition) is 4. The second kappa shape index (κ2) is 8.13. The molecule has 1 aliphatic heterocycles. The SMILES string of the molecule is Cc1ccc(C(C)C)c(OCC(=O)NCc2ccc3c(c2)OCCO3)c1. The Labute approximate surface area is 154 Å². The minimum atomic E-state index is -0.156. The summed E-state index contributed by atoms with van der Waals surface area (Å²) in [6.07, 6.45) is 0. The van der Waals surface area contributed by atoms with Crippen LogP contribution in [0.15, 0.2) is 36.4 Å². The molecular weight excluding hydrogens is 330 g/mol. The summed E-state index contributed by atoms with van der Waals surface area (Å²) in [5.74, 6) is 2.42. The van der Waals surface area contributed by atoms with Gasteiger partial charge in [-0.2, -0.15) is 0 Å². The Morgan fingerprint density at radius 1 is 1.12 bits per heavy atom. The van der Waals surface area contributed by atoms with Crippen LogP contribution < -0.4 is 19.5 Å². The quantitative estimate of drug-likeness (QED) is 0.860. The molecule has 3 rings (SSSR count). The maximum absolute atomic E-state index is 12.2. The van der Waals surface area contributed by atoms with Gasteiger partial charge < -0.3 is 19.5 Å². The topological polar surface area (TPSA) is 56.8 Å². The molecule has 0 aromatic heterocycles. The summed E-state index contributed by atoms with van der Waals surface area (Å²) in [4.78, 5) is 12.2. The Kier molecular flexibility index (Phi) is 5.66. The van der Waals surface area contributed by atoms with Gasteiger partial charge in [-0.15, -0.1) is 0 Å². The molecule has 2 aromatic carbocycles. The van der Waals surface area contributed by atoms with E-state index in [1.807, 2.05) is 31.2 Å². The van der Waals surface area contributed by atoms with Crippen LogP contribution in [0.25, 0.3) is 0 Å². The van der Waals surface area contributed by atoms with Crippen molar-refractivity contribution in [3.05, 3.63) is 53.1 Å². The first kappa shape index (κ1) is 18.1. The van der Waals surface area contributed by atoms with Gasteiger partial charge in [-0.1, -0.05) is 32.0 Å². The lowest BCUT2D eigenvalue weighted by Crippen LogP contribution is -2.28. The molecule has 0 unspecified atom stereocenters. The molecule has 0 saturated heterocycles. The van der Waals surface area contributed by atoms with Gasteiger partial charge >= 0.3 is 0 Å². The minimum absolute atomic E-state index is 0.00623. The van der Waals surface area contributed by atoms with Crippen molar-refractivity contribution in [2.75, 3.05) is 19.8 Å². The molecule has 0 fully saturated rings. The summed E-state index contributed by atoms with van der Waals surface area (Å²) in [6, 6.07) is 11.8. The first-order chi connectivity index (χ1) is 12.5. The van der Waals surface area contributed by atoms with Crippen LogP contribution in [0.1, 0.15) is 36.5 Å². The average Bonchev–Trinajstić information content (AvgIpc) is 2.64. The van der Waals surface area contributed by atoms with E-state index in [4.69, 9.17) is 14.2 Å². The van der Waals surface area contributed by atoms with Gasteiger partial charge in [0.05, 0.1) is 0 Å². The van der Waals surface area contributed by atoms with Gasteiger partial charge in [0.15, 0.2) is 18.1 Å². The van der Waals surface area contributed by atoms with Crippen molar-refractivity contribution in [1.82, 2.24) is 5.32 Å². The lowest BCUT2D eigenvalue weighted by Gasteiger charge is -2.19. The van der Waals surface area contributed by atoms with E-state index in [-0.39, 0.29) is 12.5 Å². The summed E-state index contributed by atoms with van der Waals surface area (Å²) in [7, 11) is 0. The van der Waals surface area contributed by atoms with Gasteiger partial charge in [0.2, 0.25) is 0 Å². The third kappa shape index (κ3) is 4.48. The predicted octanol–water partition coefficient (Wildman–Crippen LogP) is 3.58. The van der Waals surface area contributed by atoms with E-state index in [2.05, 4.69) is 31.3 Å². The van der Waals surface area contributed by atoms with E-state index in [1.165, 1.54) is 0 Å². The standard InChI is InChI=1S/C21H25NO4/c1-14(2)17-6-4-15(3)10-19(17)26-13-21(23)22-12-16-5-7-18-20(11-16)25-9-8-24-18/h4-7,10-11,14H,8-9,12-13H2,1-3H3,(H,22,23). The molecule has 0 bridgehead atoms. The van der Waals surface area contributed by atoms with Crippen molar-refractivity contribution in [3.8, 4) is 17.2 Å². The fourth-order valence-corrected chi connectivity index (χ4v) is 2.84. The molecule has 5 nitrogen and oxygen atoms in total. The average molecular weight is 355 g/mol. The summed E-state index contributed by atoms with van der Waals surface area (Å²) in [5, 5.41) is 2.88. The third-order valence-corrected chi connectivity index (χ3v) is 4.25. The smallest absolute Gasteiger partial charge is 0.258 e. The number of fused-ring (bicyclic) bond motifs is 1. The molecule has 0 atom stereocenters. The summed E-state index contributed by atoms with van der Waals surface area (Å²) in [5.41, 5.74) is 3.18. The fourth-order valence-electron chi connectivity index (χ4n) is 2.84. The van der Waals surface area contributed by atoms with Gasteiger partial charge in [0.25, 0.3) is 5.91 Å². The van der Waals surface area contributed by atoms with Crippen LogP contribution in [-0.2, 0) is 11.3 Å². The molecule has 5 heteroatoms. The van der Waals surface area contributed by atoms with Gasteiger partial charge in [0, 0.05) is 6.54 Å². The van der Waals surface area contributed by atoms with Gasteiger partial charge in [-0.3, -0.25) is 4.79 Å². The van der Waals surface area contributed by atoms with Crippen molar-refractivity contribution in [2.24, 2.45) is 0 Å². The fraction of sp³-hybridized carbons (Fsp3) is 0.381. The number of benzene rings is 2. The molecule has 1 amide bonds. The highest BCUT2D eigenvalue weighted by molar-refractivity contribution is 5.77. The molecule has 1 N–H and O–H groups in total. The Hall–Kier alpha value is -2.69. The molecule has 0 radical (unpaired) electrons. The maximum atomic E-state index is 12.2. The monoisotopic (exact) mass is 355 g/mol. The Morgan fingerprint density at radius 2 is 1.88 bits per heavy atom. The molecule has 0 spiro atoms. The Bertz CT molecular complexity index is 786. The zero-order chi connectivity index (χ0) is 18.5. The number of carbonyl (C=O) groups excluding carboxylic acids is 1. The number of rotatable bonds is 6. The normalized spacial score (nSPS) is 12.8. The largest absolute Gasteiger partial charge is 0.486 e. The highest BCUT2D eigenvalue weighted by Crippen LogP contribution is 2.30. The van der Waals surface area contributed by atoms with E-state index >= 15 is 0 Å². The predicted molar refractivity (Wildman–Crippen MR) is 100 cm³/mol. The van der Waals surface area contributed by atoms with Crippen LogP contribution >= 0.6 is 0 Å². The first-order valence-electron chi connectivity index (χ1n) is 8.91. The van der Waals surface area contributed by atoms with Gasteiger partial charge in [0.1, 0.15) is 19.0 Å². The van der Waals surface area contributed by atoms with E-state index in [1.54, 1.807) is 0 Å². The van der Waals surface area contributed by atoms with Crippen LogP contribution in [0.2, 0.25) is 0 Å². The molecular formula is C21H25NO4. The number of nitrogens with one attached hydrogen (secondary N) is 1. The van der Waals surface area contributed by atoms with Crippen molar-refractivity contribution >= 4 is 5.91 Å². The molecule has 2 aromatic rings. The molecule has 26 heavy (non-hydrogen) atoms. The lowest BCUT2D eigenvalue weighted by molar-refractivity contribution is -0.123. The molecule has 0 aliphatic carbocycles. The first-order valence-corrected chi connectivity index (χ1v) is 8.91. The third-order valence-electron chi connectivity index (χ3n) is 4.25. The molecule has 1 aliphatic rings. The van der Waals surface area contributed by atoms with E-state index in [9.17, 15) is 4.79 Å². The summed E-state index contributed by atoms with van der Waals surface area (Å²) >= 11 is 0. The zero-order valence-electron chi connectivity index (χ0n) is 15.5. The maximum Gasteiger partial charge on any atom is 0.258 e. The van der Waals surface area contributed by atoms with Crippen molar-refractivity contribution in [1.29, 1.82) is 0 Å². The number of aryl methyl sites for hydroxylation is 1. The van der Waals surface area contributed by atoms with Crippen LogP contribution in [0.4, 0.5) is 0 Å². The summed E-state index contributed by atoms with van der Waals surface area (Å²) < 4.78 is 16.8. The molecule has 0 saturated carbocycles. The molecule has 1 heterocycles. The lowest BCUT2D eigenvalue weighted by atomic mass is 10.0. The number of ether oxygens (including phenoxy) is 3. The number of hydrogen-bond donors (Lipinski definition) is 1. The zero-order valence-corrected chi connectivity index (χ0v) is 15.5. The second-order valence-corrected chi connectivity index (χ2v) is 6.74. The van der Waals surface area contributed by atoms with E-state index in [0.717, 1.165) is 33.9 Å². The van der Waals surface area contributed by atoms with Crippen LogP contribution in [0.5, 0.6) is 17.2 Å². The van der Waals surface area contributed by atoms with Crippen LogP contribution in [0, 0.1) is 6.92 Å². The second-order valence-electron chi connectivity index (χ2n) is 6.74. The molecule has 138 valence electrons. The number of amides is 1.